The first kappa shape index (κ1) is 20.4. The zero-order valence-corrected chi connectivity index (χ0v) is 18.3. The fourth-order valence-corrected chi connectivity index (χ4v) is 5.08. The van der Waals surface area contributed by atoms with Crippen LogP contribution < -0.4 is 15.4 Å². The summed E-state index contributed by atoms with van der Waals surface area (Å²) in [6, 6.07) is -0.257. The maximum Gasteiger partial charge on any atom is 0.244 e. The van der Waals surface area contributed by atoms with Crippen molar-refractivity contribution in [2.24, 2.45) is 0 Å². The van der Waals surface area contributed by atoms with Crippen LogP contribution in [0.5, 0.6) is 5.88 Å². The minimum atomic E-state index is -0.257. The lowest BCUT2D eigenvalue weighted by atomic mass is 9.84. The molecule has 1 saturated carbocycles. The number of anilines is 1. The van der Waals surface area contributed by atoms with Crippen LogP contribution in [0.25, 0.3) is 10.9 Å². The van der Waals surface area contributed by atoms with Gasteiger partial charge in [0.25, 0.3) is 0 Å². The van der Waals surface area contributed by atoms with Crippen molar-refractivity contribution >= 4 is 22.8 Å². The average Bonchev–Trinajstić information content (AvgIpc) is 3.12. The van der Waals surface area contributed by atoms with E-state index in [0.717, 1.165) is 49.8 Å². The number of likely N-dealkylation sites (tertiary alicyclic amines) is 1. The molecule has 1 unspecified atom stereocenters. The monoisotopic (exact) mass is 424 g/mol. The van der Waals surface area contributed by atoms with Gasteiger partial charge >= 0.3 is 0 Å². The molecule has 1 atom stereocenters. The van der Waals surface area contributed by atoms with E-state index in [1.54, 1.807) is 4.90 Å². The summed E-state index contributed by atoms with van der Waals surface area (Å²) in [5.74, 6) is 1.71. The Balaban J connectivity index is 1.48. The van der Waals surface area contributed by atoms with Gasteiger partial charge in [-0.05, 0) is 51.1 Å². The summed E-state index contributed by atoms with van der Waals surface area (Å²) in [4.78, 5) is 28.3. The molecule has 1 aliphatic carbocycles. The number of piperidine rings is 1. The SMILES string of the molecule is CN1CCC(Nc2ncc3c(OC4CCNCC4)ncc(C4CCCCC4)c3n2)C1=O. The van der Waals surface area contributed by atoms with E-state index in [9.17, 15) is 4.79 Å². The van der Waals surface area contributed by atoms with E-state index < -0.39 is 0 Å². The van der Waals surface area contributed by atoms with Crippen molar-refractivity contribution in [3.8, 4) is 5.88 Å². The topological polar surface area (TPSA) is 92.3 Å². The summed E-state index contributed by atoms with van der Waals surface area (Å²) in [6.07, 6.45) is 12.8. The van der Waals surface area contributed by atoms with E-state index in [2.05, 4.69) is 15.6 Å². The number of hydrogen-bond donors (Lipinski definition) is 2. The highest BCUT2D eigenvalue weighted by Crippen LogP contribution is 2.38. The molecule has 2 aromatic rings. The van der Waals surface area contributed by atoms with Gasteiger partial charge in [-0.25, -0.2) is 15.0 Å². The average molecular weight is 425 g/mol. The van der Waals surface area contributed by atoms with Crippen molar-refractivity contribution in [3.05, 3.63) is 18.0 Å². The van der Waals surface area contributed by atoms with Crippen molar-refractivity contribution < 1.29 is 9.53 Å². The third-order valence-corrected chi connectivity index (χ3v) is 6.95. The number of likely N-dealkylation sites (N-methyl/N-ethyl adjacent to an activating group) is 1. The third kappa shape index (κ3) is 4.31. The van der Waals surface area contributed by atoms with Crippen molar-refractivity contribution in [2.45, 2.75) is 69.4 Å². The van der Waals surface area contributed by atoms with Crippen molar-refractivity contribution in [3.63, 3.8) is 0 Å². The molecule has 2 aliphatic heterocycles. The maximum atomic E-state index is 12.3. The Hall–Kier alpha value is -2.48. The minimum absolute atomic E-state index is 0.0980. The number of rotatable bonds is 5. The first-order valence-corrected chi connectivity index (χ1v) is 11.7. The Morgan fingerprint density at radius 2 is 1.87 bits per heavy atom. The van der Waals surface area contributed by atoms with Crippen LogP contribution in [0.2, 0.25) is 0 Å². The summed E-state index contributed by atoms with van der Waals surface area (Å²) < 4.78 is 6.30. The molecule has 0 bridgehead atoms. The molecule has 4 heterocycles. The van der Waals surface area contributed by atoms with Gasteiger partial charge < -0.3 is 20.3 Å². The zero-order chi connectivity index (χ0) is 21.2. The lowest BCUT2D eigenvalue weighted by Gasteiger charge is -2.26. The molecule has 1 amide bonds. The Morgan fingerprint density at radius 1 is 1.06 bits per heavy atom. The smallest absolute Gasteiger partial charge is 0.244 e. The molecule has 5 rings (SSSR count). The first-order valence-electron chi connectivity index (χ1n) is 11.7. The Bertz CT molecular complexity index is 939. The summed E-state index contributed by atoms with van der Waals surface area (Å²) in [6.45, 7) is 2.70. The molecule has 0 aromatic carbocycles. The number of ether oxygens (including phenoxy) is 1. The number of fused-ring (bicyclic) bond motifs is 1. The summed E-state index contributed by atoms with van der Waals surface area (Å²) in [7, 11) is 1.84. The summed E-state index contributed by atoms with van der Waals surface area (Å²) in [5, 5.41) is 7.51. The summed E-state index contributed by atoms with van der Waals surface area (Å²) >= 11 is 0. The predicted molar refractivity (Wildman–Crippen MR) is 119 cm³/mol. The molecule has 2 aromatic heterocycles. The quantitative estimate of drug-likeness (QED) is 0.762. The van der Waals surface area contributed by atoms with Crippen LogP contribution in [0.3, 0.4) is 0 Å². The van der Waals surface area contributed by atoms with Crippen LogP contribution in [-0.2, 0) is 4.79 Å². The Labute approximate surface area is 183 Å². The molecule has 0 spiro atoms. The normalized spacial score (nSPS) is 23.5. The molecule has 31 heavy (non-hydrogen) atoms. The predicted octanol–water partition coefficient (Wildman–Crippen LogP) is 2.85. The number of nitrogens with one attached hydrogen (secondary N) is 2. The number of aromatic nitrogens is 3. The summed E-state index contributed by atoms with van der Waals surface area (Å²) in [5.41, 5.74) is 2.11. The number of pyridine rings is 1. The van der Waals surface area contributed by atoms with Gasteiger partial charge in [0, 0.05) is 31.5 Å². The Kier molecular flexibility index (Phi) is 5.89. The van der Waals surface area contributed by atoms with E-state index in [1.807, 2.05) is 19.4 Å². The van der Waals surface area contributed by atoms with Gasteiger partial charge in [0.2, 0.25) is 17.7 Å². The molecule has 8 nitrogen and oxygen atoms in total. The van der Waals surface area contributed by atoms with E-state index in [4.69, 9.17) is 14.7 Å². The van der Waals surface area contributed by atoms with Gasteiger partial charge in [-0.1, -0.05) is 19.3 Å². The van der Waals surface area contributed by atoms with Crippen LogP contribution >= 0.6 is 0 Å². The van der Waals surface area contributed by atoms with Gasteiger partial charge in [-0.3, -0.25) is 4.79 Å². The Morgan fingerprint density at radius 3 is 2.61 bits per heavy atom. The van der Waals surface area contributed by atoms with Gasteiger partial charge in [-0.2, -0.15) is 0 Å². The van der Waals surface area contributed by atoms with E-state index in [1.165, 1.54) is 37.7 Å². The fraction of sp³-hybridized carbons (Fsp3) is 0.652. The lowest BCUT2D eigenvalue weighted by molar-refractivity contribution is -0.127. The van der Waals surface area contributed by atoms with Gasteiger partial charge in [-0.15, -0.1) is 0 Å². The number of carbonyl (C=O) groups excluding carboxylic acids is 1. The molecular weight excluding hydrogens is 392 g/mol. The number of carbonyl (C=O) groups is 1. The largest absolute Gasteiger partial charge is 0.474 e. The molecule has 0 radical (unpaired) electrons. The van der Waals surface area contributed by atoms with Crippen molar-refractivity contribution in [2.75, 3.05) is 32.0 Å². The maximum absolute atomic E-state index is 12.3. The van der Waals surface area contributed by atoms with Crippen LogP contribution in [-0.4, -0.2) is 64.6 Å². The molecule has 2 N–H and O–H groups in total. The number of amides is 1. The second kappa shape index (κ2) is 8.94. The van der Waals surface area contributed by atoms with E-state index in [-0.39, 0.29) is 18.1 Å². The zero-order valence-electron chi connectivity index (χ0n) is 18.3. The molecule has 3 aliphatic rings. The highest BCUT2D eigenvalue weighted by atomic mass is 16.5. The minimum Gasteiger partial charge on any atom is -0.474 e. The molecular formula is C23H32N6O2. The lowest BCUT2D eigenvalue weighted by Crippen LogP contribution is -2.34. The highest BCUT2D eigenvalue weighted by molar-refractivity contribution is 5.88. The van der Waals surface area contributed by atoms with Crippen LogP contribution in [0.15, 0.2) is 12.4 Å². The van der Waals surface area contributed by atoms with Crippen LogP contribution in [0, 0.1) is 0 Å². The van der Waals surface area contributed by atoms with Gasteiger partial charge in [0.15, 0.2) is 0 Å². The fourth-order valence-electron chi connectivity index (χ4n) is 5.08. The second-order valence-electron chi connectivity index (χ2n) is 9.12. The number of hydrogen-bond acceptors (Lipinski definition) is 7. The highest BCUT2D eigenvalue weighted by Gasteiger charge is 2.30. The van der Waals surface area contributed by atoms with Crippen LogP contribution in [0.4, 0.5) is 5.95 Å². The van der Waals surface area contributed by atoms with E-state index >= 15 is 0 Å². The standard InChI is InChI=1S/C23H32N6O2/c1-29-12-9-19(22(29)30)27-23-26-14-18-20(28-23)17(15-5-3-2-4-6-15)13-25-21(18)31-16-7-10-24-11-8-16/h13-16,19,24H,2-12H2,1H3,(H,26,27,28). The van der Waals surface area contributed by atoms with Crippen molar-refractivity contribution in [1.29, 1.82) is 0 Å². The second-order valence-corrected chi connectivity index (χ2v) is 9.12. The number of nitrogens with zero attached hydrogens (tertiary/aromatic N) is 4. The molecule has 8 heteroatoms. The first-order chi connectivity index (χ1) is 15.2. The molecule has 2 saturated heterocycles. The third-order valence-electron chi connectivity index (χ3n) is 6.95. The van der Waals surface area contributed by atoms with Gasteiger partial charge in [0.05, 0.1) is 10.9 Å². The van der Waals surface area contributed by atoms with Gasteiger partial charge in [0.1, 0.15) is 12.1 Å². The molecule has 166 valence electrons. The van der Waals surface area contributed by atoms with E-state index in [0.29, 0.717) is 17.7 Å². The van der Waals surface area contributed by atoms with Crippen molar-refractivity contribution in [1.82, 2.24) is 25.2 Å². The molecule has 3 fully saturated rings. The van der Waals surface area contributed by atoms with Crippen LogP contribution in [0.1, 0.15) is 62.8 Å².